The Balaban J connectivity index is 1.01. The lowest BCUT2D eigenvalue weighted by molar-refractivity contribution is 0.920. The van der Waals surface area contributed by atoms with E-state index < -0.39 is 0 Å². The molecule has 0 bridgehead atoms. The molecule has 4 heterocycles. The molecule has 10 aromatic carbocycles. The lowest BCUT2D eigenvalue weighted by Gasteiger charge is -2.22. The molecule has 4 aromatic heterocycles. The summed E-state index contributed by atoms with van der Waals surface area (Å²) >= 11 is 0. The van der Waals surface area contributed by atoms with Crippen LogP contribution in [0.15, 0.2) is 243 Å². The van der Waals surface area contributed by atoms with Crippen LogP contribution in [0.3, 0.4) is 0 Å². The van der Waals surface area contributed by atoms with E-state index in [-0.39, 0.29) is 0 Å². The summed E-state index contributed by atoms with van der Waals surface area (Å²) in [5.74, 6) is 3.58. The highest BCUT2D eigenvalue weighted by Gasteiger charge is 2.28. The minimum absolute atomic E-state index is 0.555. The molecule has 0 saturated heterocycles. The van der Waals surface area contributed by atoms with E-state index in [2.05, 4.69) is 179 Å². The first-order valence-corrected chi connectivity index (χ1v) is 25.7. The Morgan fingerprint density at radius 2 is 0.658 bits per heavy atom. The molecular weight excluding hydrogens is 929 g/mol. The minimum Gasteiger partial charge on any atom is -0.278 e. The van der Waals surface area contributed by atoms with Gasteiger partial charge in [0.25, 0.3) is 0 Å². The Morgan fingerprint density at radius 1 is 0.263 bits per heavy atom. The second-order valence-corrected chi connectivity index (χ2v) is 19.4. The van der Waals surface area contributed by atoms with Gasteiger partial charge in [-0.05, 0) is 93.7 Å². The van der Waals surface area contributed by atoms with Crippen molar-refractivity contribution in [2.45, 2.75) is 12.8 Å². The predicted octanol–water partition coefficient (Wildman–Crippen LogP) is 16.0. The zero-order valence-corrected chi connectivity index (χ0v) is 41.1. The summed E-state index contributed by atoms with van der Waals surface area (Å²) in [4.78, 5) is 31.6. The van der Waals surface area contributed by atoms with Crippen molar-refractivity contribution in [2.24, 2.45) is 0 Å². The van der Waals surface area contributed by atoms with Crippen LogP contribution in [0.25, 0.3) is 134 Å². The van der Waals surface area contributed by atoms with E-state index in [0.717, 1.165) is 101 Å². The molecule has 1 aliphatic carbocycles. The second kappa shape index (κ2) is 17.8. The number of rotatable bonds is 8. The number of fused-ring (bicyclic) bond motifs is 10. The summed E-state index contributed by atoms with van der Waals surface area (Å²) in [7, 11) is 0. The number of aromatic nitrogens is 8. The summed E-state index contributed by atoms with van der Waals surface area (Å²) in [5.41, 5.74) is 17.4. The van der Waals surface area contributed by atoms with Gasteiger partial charge in [0.2, 0.25) is 11.9 Å². The van der Waals surface area contributed by atoms with Crippen molar-refractivity contribution in [1.29, 1.82) is 0 Å². The van der Waals surface area contributed by atoms with Crippen LogP contribution >= 0.6 is 0 Å². The van der Waals surface area contributed by atoms with Crippen LogP contribution in [0, 0.1) is 0 Å². The van der Waals surface area contributed by atoms with Crippen LogP contribution < -0.4 is 0 Å². The first-order valence-electron chi connectivity index (χ1n) is 25.7. The summed E-state index contributed by atoms with van der Waals surface area (Å²) in [6.45, 7) is 0. The highest BCUT2D eigenvalue weighted by atomic mass is 15.2. The molecular formula is C68H44N8. The van der Waals surface area contributed by atoms with Gasteiger partial charge in [-0.15, -0.1) is 0 Å². The molecule has 1 aliphatic rings. The van der Waals surface area contributed by atoms with Gasteiger partial charge in [-0.3, -0.25) is 9.13 Å². The number of hydrogen-bond acceptors (Lipinski definition) is 6. The average Bonchev–Trinajstić information content (AvgIpc) is 4.02. The van der Waals surface area contributed by atoms with Gasteiger partial charge >= 0.3 is 0 Å². The first kappa shape index (κ1) is 43.4. The monoisotopic (exact) mass is 972 g/mol. The molecule has 15 rings (SSSR count). The Morgan fingerprint density at radius 3 is 1.12 bits per heavy atom. The van der Waals surface area contributed by atoms with Crippen molar-refractivity contribution in [3.63, 3.8) is 0 Å². The highest BCUT2D eigenvalue weighted by molar-refractivity contribution is 6.15. The molecule has 8 heteroatoms. The maximum atomic E-state index is 5.36. The summed E-state index contributed by atoms with van der Waals surface area (Å²) in [6, 6.07) is 85.1. The molecule has 0 spiro atoms. The van der Waals surface area contributed by atoms with Gasteiger partial charge in [-0.2, -0.15) is 19.9 Å². The zero-order chi connectivity index (χ0) is 50.1. The van der Waals surface area contributed by atoms with E-state index >= 15 is 0 Å². The van der Waals surface area contributed by atoms with Gasteiger partial charge in [0.15, 0.2) is 23.3 Å². The summed E-state index contributed by atoms with van der Waals surface area (Å²) in [5, 5.41) is 4.56. The normalized spacial score (nSPS) is 12.1. The van der Waals surface area contributed by atoms with E-state index in [1.54, 1.807) is 0 Å². The van der Waals surface area contributed by atoms with E-state index in [4.69, 9.17) is 29.9 Å². The molecule has 0 atom stereocenters. The van der Waals surface area contributed by atoms with Crippen molar-refractivity contribution >= 4 is 43.6 Å². The predicted molar refractivity (Wildman–Crippen MR) is 307 cm³/mol. The third kappa shape index (κ3) is 7.29. The van der Waals surface area contributed by atoms with Crippen LogP contribution in [-0.4, -0.2) is 39.0 Å². The van der Waals surface area contributed by atoms with Crippen LogP contribution in [0.5, 0.6) is 0 Å². The molecule has 0 unspecified atom stereocenters. The van der Waals surface area contributed by atoms with Crippen molar-refractivity contribution in [3.05, 3.63) is 254 Å². The van der Waals surface area contributed by atoms with E-state index in [0.29, 0.717) is 35.2 Å². The highest BCUT2D eigenvalue weighted by Crippen LogP contribution is 2.46. The standard InChI is InChI=1S/C68H44N8/c1-7-19-43(20-8-1)49-33-38-60-56(39-49)54-36-35-52-53(62(54)76(60)68-73-65(47-27-15-5-16-28-47)70-66(74-68)48-29-17-6-18-30-48)34-31-51-41-58-57-40-50(44-21-9-2-10-22-44)32-37-59(57)75(61(58)42-55(51)52)67-71-63(45-23-11-3-12-24-45)69-64(72-67)46-25-13-4-14-26-46/h1-30,32-33,35-42H,31,34H2. The molecule has 8 nitrogen and oxygen atoms in total. The molecule has 0 N–H and O–H groups in total. The Kier molecular flexibility index (Phi) is 10.2. The average molecular weight is 973 g/mol. The van der Waals surface area contributed by atoms with Crippen LogP contribution in [0.2, 0.25) is 0 Å². The summed E-state index contributed by atoms with van der Waals surface area (Å²) in [6.07, 6.45) is 1.65. The molecule has 0 fully saturated rings. The molecule has 356 valence electrons. The van der Waals surface area contributed by atoms with Gasteiger partial charge in [0.05, 0.1) is 22.1 Å². The summed E-state index contributed by atoms with van der Waals surface area (Å²) < 4.78 is 4.54. The van der Waals surface area contributed by atoms with E-state index in [9.17, 15) is 0 Å². The second-order valence-electron chi connectivity index (χ2n) is 19.4. The van der Waals surface area contributed by atoms with Crippen molar-refractivity contribution in [3.8, 4) is 90.8 Å². The Bertz CT molecular complexity index is 4370. The lowest BCUT2D eigenvalue weighted by Crippen LogP contribution is -2.10. The van der Waals surface area contributed by atoms with Gasteiger partial charge in [0, 0.05) is 43.8 Å². The molecule has 76 heavy (non-hydrogen) atoms. The topological polar surface area (TPSA) is 87.2 Å². The molecule has 0 amide bonds. The van der Waals surface area contributed by atoms with Crippen molar-refractivity contribution in [2.75, 3.05) is 0 Å². The van der Waals surface area contributed by atoms with Gasteiger partial charge in [-0.1, -0.05) is 206 Å². The first-order chi connectivity index (χ1) is 37.7. The number of nitrogens with zero attached hydrogens (tertiary/aromatic N) is 8. The lowest BCUT2D eigenvalue weighted by atomic mass is 9.83. The van der Waals surface area contributed by atoms with E-state index in [1.807, 2.05) is 72.8 Å². The third-order valence-corrected chi connectivity index (χ3v) is 14.9. The number of aryl methyl sites for hydroxylation is 2. The van der Waals surface area contributed by atoms with Gasteiger partial charge < -0.3 is 0 Å². The van der Waals surface area contributed by atoms with E-state index in [1.165, 1.54) is 22.3 Å². The van der Waals surface area contributed by atoms with Crippen LogP contribution in [0.4, 0.5) is 0 Å². The molecule has 0 radical (unpaired) electrons. The van der Waals surface area contributed by atoms with Crippen LogP contribution in [-0.2, 0) is 12.8 Å². The smallest absolute Gasteiger partial charge is 0.238 e. The maximum absolute atomic E-state index is 5.36. The maximum Gasteiger partial charge on any atom is 0.238 e. The fourth-order valence-electron chi connectivity index (χ4n) is 11.3. The van der Waals surface area contributed by atoms with Crippen LogP contribution in [0.1, 0.15) is 11.1 Å². The Labute approximate surface area is 438 Å². The Hall–Kier alpha value is -10.2. The quantitative estimate of drug-likeness (QED) is 0.151. The fraction of sp³-hybridized carbons (Fsp3) is 0.0294. The number of hydrogen-bond donors (Lipinski definition) is 0. The largest absolute Gasteiger partial charge is 0.278 e. The number of benzene rings is 10. The molecule has 14 aromatic rings. The van der Waals surface area contributed by atoms with Gasteiger partial charge in [-0.25, -0.2) is 9.97 Å². The fourth-order valence-corrected chi connectivity index (χ4v) is 11.3. The zero-order valence-electron chi connectivity index (χ0n) is 41.1. The molecule has 0 aliphatic heterocycles. The SMILES string of the molecule is c1ccc(-c2ccc3c(c2)c2cc4c(cc2n3-c2nc(-c3ccccc3)nc(-c3ccccc3)n2)-c2ccc3c5cc(-c6ccccc6)ccc5n(-c5nc(-c6ccccc6)nc(-c6ccccc6)n5)c3c2CC4)cc1. The molecule has 0 saturated carbocycles. The van der Waals surface area contributed by atoms with Gasteiger partial charge in [0.1, 0.15) is 0 Å². The third-order valence-electron chi connectivity index (χ3n) is 14.9. The van der Waals surface area contributed by atoms with Crippen molar-refractivity contribution in [1.82, 2.24) is 39.0 Å². The minimum atomic E-state index is 0.555. The van der Waals surface area contributed by atoms with Crippen molar-refractivity contribution < 1.29 is 0 Å².